The van der Waals surface area contributed by atoms with Gasteiger partial charge in [0.2, 0.25) is 0 Å². The summed E-state index contributed by atoms with van der Waals surface area (Å²) < 4.78 is 6.23. The molecule has 0 aliphatic rings. The van der Waals surface area contributed by atoms with Crippen molar-refractivity contribution < 1.29 is 4.42 Å². The second kappa shape index (κ2) is 7.43. The predicted octanol–water partition coefficient (Wildman–Crippen LogP) is 7.71. The Labute approximate surface area is 161 Å². The SMILES string of the molecule is Clc1ccc(-c2oc(-c3ccc(Cl)cc3)c(CBr)c2CBr)cc1. The molecule has 0 saturated carbocycles. The van der Waals surface area contributed by atoms with Crippen LogP contribution in [0.4, 0.5) is 0 Å². The maximum Gasteiger partial charge on any atom is 0.139 e. The largest absolute Gasteiger partial charge is 0.455 e. The Bertz CT molecular complexity index is 740. The van der Waals surface area contributed by atoms with E-state index in [-0.39, 0.29) is 0 Å². The van der Waals surface area contributed by atoms with Crippen LogP contribution in [0.5, 0.6) is 0 Å². The maximum absolute atomic E-state index is 6.23. The number of halogens is 4. The van der Waals surface area contributed by atoms with E-state index in [4.69, 9.17) is 27.6 Å². The van der Waals surface area contributed by atoms with Gasteiger partial charge in [0.1, 0.15) is 11.5 Å². The molecule has 0 bridgehead atoms. The first-order valence-corrected chi connectivity index (χ1v) is 9.92. The molecule has 0 atom stereocenters. The van der Waals surface area contributed by atoms with Gasteiger partial charge in [-0.2, -0.15) is 0 Å². The first kappa shape index (κ1) is 17.1. The summed E-state index contributed by atoms with van der Waals surface area (Å²) in [5.74, 6) is 1.72. The van der Waals surface area contributed by atoms with Crippen LogP contribution < -0.4 is 0 Å². The van der Waals surface area contributed by atoms with Crippen molar-refractivity contribution >= 4 is 55.1 Å². The van der Waals surface area contributed by atoms with Crippen LogP contribution in [0.25, 0.3) is 22.6 Å². The molecule has 0 fully saturated rings. The predicted molar refractivity (Wildman–Crippen MR) is 105 cm³/mol. The van der Waals surface area contributed by atoms with Gasteiger partial charge < -0.3 is 4.42 Å². The third-order valence-corrected chi connectivity index (χ3v) is 5.22. The van der Waals surface area contributed by atoms with E-state index in [2.05, 4.69) is 31.9 Å². The van der Waals surface area contributed by atoms with Crippen molar-refractivity contribution in [3.05, 3.63) is 69.7 Å². The summed E-state index contributed by atoms with van der Waals surface area (Å²) in [6.07, 6.45) is 0. The van der Waals surface area contributed by atoms with Crippen LogP contribution in [0.2, 0.25) is 10.0 Å². The highest BCUT2D eigenvalue weighted by molar-refractivity contribution is 9.09. The lowest BCUT2D eigenvalue weighted by Crippen LogP contribution is -1.87. The molecule has 1 nitrogen and oxygen atoms in total. The third-order valence-electron chi connectivity index (χ3n) is 3.60. The van der Waals surface area contributed by atoms with Crippen LogP contribution in [0.15, 0.2) is 52.9 Å². The van der Waals surface area contributed by atoms with E-state index in [1.165, 1.54) is 0 Å². The van der Waals surface area contributed by atoms with Crippen molar-refractivity contribution in [3.63, 3.8) is 0 Å². The van der Waals surface area contributed by atoms with Gasteiger partial charge in [-0.15, -0.1) is 0 Å². The molecule has 1 heterocycles. The van der Waals surface area contributed by atoms with E-state index in [1.807, 2.05) is 48.5 Å². The molecule has 0 radical (unpaired) electrons. The van der Waals surface area contributed by atoms with Crippen molar-refractivity contribution in [2.75, 3.05) is 0 Å². The van der Waals surface area contributed by atoms with E-state index >= 15 is 0 Å². The normalized spacial score (nSPS) is 11.0. The number of hydrogen-bond acceptors (Lipinski definition) is 1. The molecule has 0 aliphatic heterocycles. The minimum Gasteiger partial charge on any atom is -0.455 e. The summed E-state index contributed by atoms with van der Waals surface area (Å²) in [5, 5.41) is 2.84. The summed E-state index contributed by atoms with van der Waals surface area (Å²) in [6.45, 7) is 0. The monoisotopic (exact) mass is 472 g/mol. The fourth-order valence-electron chi connectivity index (χ4n) is 2.45. The Balaban J connectivity index is 2.18. The highest BCUT2D eigenvalue weighted by atomic mass is 79.9. The summed E-state index contributed by atoms with van der Waals surface area (Å²) in [5.41, 5.74) is 4.28. The van der Waals surface area contributed by atoms with Crippen molar-refractivity contribution in [1.29, 1.82) is 0 Å². The van der Waals surface area contributed by atoms with Crippen molar-refractivity contribution in [1.82, 2.24) is 0 Å². The lowest BCUT2D eigenvalue weighted by Gasteiger charge is -2.01. The molecular weight excluding hydrogens is 463 g/mol. The third kappa shape index (κ3) is 3.53. The topological polar surface area (TPSA) is 13.1 Å². The molecule has 1 aromatic heterocycles. The Hall–Kier alpha value is -0.740. The molecular formula is C18H12Br2Cl2O. The number of alkyl halides is 2. The lowest BCUT2D eigenvalue weighted by atomic mass is 10.0. The number of furan rings is 1. The van der Waals surface area contributed by atoms with Crippen molar-refractivity contribution in [2.24, 2.45) is 0 Å². The maximum atomic E-state index is 6.23. The van der Waals surface area contributed by atoms with E-state index in [9.17, 15) is 0 Å². The van der Waals surface area contributed by atoms with Gasteiger partial charge in [-0.3, -0.25) is 0 Å². The van der Waals surface area contributed by atoms with Gasteiger partial charge >= 0.3 is 0 Å². The molecule has 2 aromatic carbocycles. The van der Waals surface area contributed by atoms with Gasteiger partial charge in [0.05, 0.1) is 0 Å². The standard InChI is InChI=1S/C18H12Br2Cl2O/c19-9-15-16(10-20)18(12-3-7-14(22)8-4-12)23-17(15)11-1-5-13(21)6-2-11/h1-8H,9-10H2. The highest BCUT2D eigenvalue weighted by Crippen LogP contribution is 2.40. The Morgan fingerprint density at radius 2 is 1.00 bits per heavy atom. The fraction of sp³-hybridized carbons (Fsp3) is 0.111. The molecule has 0 unspecified atom stereocenters. The van der Waals surface area contributed by atoms with E-state index in [0.717, 1.165) is 33.8 Å². The Kier molecular flexibility index (Phi) is 5.53. The second-order valence-electron chi connectivity index (χ2n) is 5.00. The van der Waals surface area contributed by atoms with Gasteiger partial charge in [-0.25, -0.2) is 0 Å². The van der Waals surface area contributed by atoms with Gasteiger partial charge in [0.25, 0.3) is 0 Å². The molecule has 23 heavy (non-hydrogen) atoms. The second-order valence-corrected chi connectivity index (χ2v) is 6.99. The zero-order valence-electron chi connectivity index (χ0n) is 12.0. The molecule has 3 rings (SSSR count). The molecule has 118 valence electrons. The molecule has 5 heteroatoms. The fourth-order valence-corrected chi connectivity index (χ4v) is 3.89. The Morgan fingerprint density at radius 3 is 1.30 bits per heavy atom. The minimum atomic E-state index is 0.708. The number of hydrogen-bond donors (Lipinski definition) is 0. The van der Waals surface area contributed by atoms with E-state index < -0.39 is 0 Å². The molecule has 0 saturated heterocycles. The Morgan fingerprint density at radius 1 is 0.652 bits per heavy atom. The van der Waals surface area contributed by atoms with Gasteiger partial charge in [0.15, 0.2) is 0 Å². The lowest BCUT2D eigenvalue weighted by molar-refractivity contribution is 0.594. The van der Waals surface area contributed by atoms with Crippen LogP contribution >= 0.6 is 55.1 Å². The summed E-state index contributed by atoms with van der Waals surface area (Å²) in [6, 6.07) is 15.3. The summed E-state index contributed by atoms with van der Waals surface area (Å²) >= 11 is 19.1. The zero-order valence-corrected chi connectivity index (χ0v) is 16.6. The van der Waals surface area contributed by atoms with Crippen LogP contribution in [-0.4, -0.2) is 0 Å². The van der Waals surface area contributed by atoms with Gasteiger partial charge in [-0.05, 0) is 48.5 Å². The number of benzene rings is 2. The molecule has 0 aliphatic carbocycles. The molecule has 3 aromatic rings. The van der Waals surface area contributed by atoms with Gasteiger partial charge in [0, 0.05) is 43.0 Å². The smallest absolute Gasteiger partial charge is 0.139 e. The van der Waals surface area contributed by atoms with Crippen LogP contribution in [-0.2, 0) is 10.7 Å². The first-order chi connectivity index (χ1) is 11.1. The summed E-state index contributed by atoms with van der Waals surface area (Å²) in [4.78, 5) is 0. The molecule has 0 N–H and O–H groups in total. The highest BCUT2D eigenvalue weighted by Gasteiger charge is 2.21. The van der Waals surface area contributed by atoms with Crippen LogP contribution in [0, 0.1) is 0 Å². The average Bonchev–Trinajstić information content (AvgIpc) is 2.94. The minimum absolute atomic E-state index is 0.708. The molecule has 0 spiro atoms. The van der Waals surface area contributed by atoms with E-state index in [1.54, 1.807) is 0 Å². The van der Waals surface area contributed by atoms with Crippen molar-refractivity contribution in [2.45, 2.75) is 10.7 Å². The number of rotatable bonds is 4. The van der Waals surface area contributed by atoms with E-state index in [0.29, 0.717) is 20.7 Å². The first-order valence-electron chi connectivity index (χ1n) is 6.92. The average molecular weight is 475 g/mol. The van der Waals surface area contributed by atoms with Gasteiger partial charge in [-0.1, -0.05) is 55.1 Å². The zero-order chi connectivity index (χ0) is 16.4. The van der Waals surface area contributed by atoms with Crippen molar-refractivity contribution in [3.8, 4) is 22.6 Å². The van der Waals surface area contributed by atoms with Crippen LogP contribution in [0.3, 0.4) is 0 Å². The molecule has 0 amide bonds. The quantitative estimate of drug-likeness (QED) is 0.353. The van der Waals surface area contributed by atoms with Crippen LogP contribution in [0.1, 0.15) is 11.1 Å². The summed E-state index contributed by atoms with van der Waals surface area (Å²) in [7, 11) is 0.